The minimum absolute atomic E-state index is 0.726. The molecule has 0 bridgehead atoms. The molecule has 0 atom stereocenters. The van der Waals surface area contributed by atoms with E-state index in [1.807, 2.05) is 0 Å². The summed E-state index contributed by atoms with van der Waals surface area (Å²) < 4.78 is 58.9. The summed E-state index contributed by atoms with van der Waals surface area (Å²) in [6.07, 6.45) is 4.41. The van der Waals surface area contributed by atoms with E-state index in [1.165, 1.54) is 42.1 Å². The Balaban J connectivity index is 0.000000331. The molecular formula is C10H17F3O3S2. The molecule has 0 spiro atoms. The van der Waals surface area contributed by atoms with Gasteiger partial charge in [0.2, 0.25) is 0 Å². The van der Waals surface area contributed by atoms with Crippen LogP contribution in [-0.2, 0) is 21.0 Å². The lowest BCUT2D eigenvalue weighted by molar-refractivity contribution is -0.0517. The minimum atomic E-state index is -6.09. The molecule has 0 aromatic carbocycles. The van der Waals surface area contributed by atoms with Crippen LogP contribution in [0.1, 0.15) is 26.2 Å². The topological polar surface area (TPSA) is 57.2 Å². The van der Waals surface area contributed by atoms with Crippen LogP contribution in [0, 0.1) is 0 Å². The largest absolute Gasteiger partial charge is 0.741 e. The van der Waals surface area contributed by atoms with Crippen molar-refractivity contribution in [2.45, 2.75) is 31.7 Å². The summed E-state index contributed by atoms with van der Waals surface area (Å²) in [5.41, 5.74) is -4.27. The first-order valence-electron chi connectivity index (χ1n) is 5.34. The molecular weight excluding hydrogens is 289 g/mol. The number of hydrogen-bond acceptors (Lipinski definition) is 3. The van der Waals surface area contributed by atoms with Crippen LogP contribution >= 0.6 is 0 Å². The smallest absolute Gasteiger partial charge is 0.485 e. The van der Waals surface area contributed by atoms with Crippen molar-refractivity contribution >= 4 is 21.0 Å². The number of hydrogen-bond donors (Lipinski definition) is 0. The van der Waals surface area contributed by atoms with Gasteiger partial charge in [0.05, 0.1) is 0 Å². The van der Waals surface area contributed by atoms with Gasteiger partial charge in [0, 0.05) is 0 Å². The van der Waals surface area contributed by atoms with Gasteiger partial charge in [-0.1, -0.05) is 6.58 Å². The lowest BCUT2D eigenvalue weighted by Crippen LogP contribution is -2.21. The first kappa shape index (κ1) is 17.8. The Morgan fingerprint density at radius 3 is 1.94 bits per heavy atom. The van der Waals surface area contributed by atoms with Crippen molar-refractivity contribution in [3.8, 4) is 0 Å². The maximum atomic E-state index is 10.7. The van der Waals surface area contributed by atoms with Gasteiger partial charge in [-0.15, -0.1) is 0 Å². The third-order valence-electron chi connectivity index (χ3n) is 2.10. The quantitative estimate of drug-likeness (QED) is 0.341. The second-order valence-electron chi connectivity index (χ2n) is 4.08. The van der Waals surface area contributed by atoms with Gasteiger partial charge in [-0.3, -0.25) is 0 Å². The van der Waals surface area contributed by atoms with E-state index in [1.54, 1.807) is 0 Å². The Kier molecular flexibility index (Phi) is 7.31. The predicted octanol–water partition coefficient (Wildman–Crippen LogP) is 2.42. The van der Waals surface area contributed by atoms with Gasteiger partial charge in [0.25, 0.3) is 0 Å². The molecule has 108 valence electrons. The molecule has 1 saturated heterocycles. The van der Waals surface area contributed by atoms with Crippen molar-refractivity contribution < 1.29 is 26.1 Å². The standard InChI is InChI=1S/C9H17S.CHF3O3S/c1-9(2)8-10-6-4-3-5-7-10;2-1(3,4)8(5,6)7/h1,3-8H2,2H3;(H,5,6,7)/q+1;/p-1. The average Bonchev–Trinajstić information content (AvgIpc) is 2.15. The Bertz CT molecular complexity index is 357. The van der Waals surface area contributed by atoms with Crippen molar-refractivity contribution in [2.75, 3.05) is 17.3 Å². The summed E-state index contributed by atoms with van der Waals surface area (Å²) in [6.45, 7) is 6.11. The van der Waals surface area contributed by atoms with Crippen LogP contribution in [0.3, 0.4) is 0 Å². The van der Waals surface area contributed by atoms with Crippen LogP contribution in [0.5, 0.6) is 0 Å². The molecule has 1 heterocycles. The zero-order valence-electron chi connectivity index (χ0n) is 10.1. The molecule has 0 unspecified atom stereocenters. The molecule has 0 saturated carbocycles. The van der Waals surface area contributed by atoms with Gasteiger partial charge in [0.1, 0.15) is 17.3 Å². The Morgan fingerprint density at radius 1 is 1.28 bits per heavy atom. The molecule has 0 radical (unpaired) electrons. The lowest BCUT2D eigenvalue weighted by Gasteiger charge is -2.12. The van der Waals surface area contributed by atoms with Crippen molar-refractivity contribution in [3.63, 3.8) is 0 Å². The average molecular weight is 306 g/mol. The fourth-order valence-corrected chi connectivity index (χ4v) is 3.80. The molecule has 0 amide bonds. The first-order chi connectivity index (χ1) is 8.04. The molecule has 3 nitrogen and oxygen atoms in total. The second-order valence-corrected chi connectivity index (χ2v) is 7.78. The molecule has 18 heavy (non-hydrogen) atoms. The molecule has 0 aromatic heterocycles. The zero-order valence-corrected chi connectivity index (χ0v) is 11.8. The van der Waals surface area contributed by atoms with E-state index in [2.05, 4.69) is 13.5 Å². The fraction of sp³-hybridized carbons (Fsp3) is 0.800. The number of alkyl halides is 3. The molecule has 1 rings (SSSR count). The van der Waals surface area contributed by atoms with E-state index in [0.717, 1.165) is 10.9 Å². The van der Waals surface area contributed by atoms with E-state index < -0.39 is 15.6 Å². The highest BCUT2D eigenvalue weighted by Crippen LogP contribution is 2.20. The number of halogens is 3. The Hall–Kier alpha value is -0.210. The number of rotatable bonds is 2. The lowest BCUT2D eigenvalue weighted by atomic mass is 10.3. The molecule has 1 aliphatic rings. The van der Waals surface area contributed by atoms with Crippen LogP contribution in [0.4, 0.5) is 13.2 Å². The Morgan fingerprint density at radius 2 is 1.67 bits per heavy atom. The van der Waals surface area contributed by atoms with Crippen molar-refractivity contribution in [2.24, 2.45) is 0 Å². The highest BCUT2D eigenvalue weighted by atomic mass is 32.2. The van der Waals surface area contributed by atoms with E-state index in [9.17, 15) is 13.2 Å². The normalized spacial score (nSPS) is 17.8. The van der Waals surface area contributed by atoms with Gasteiger partial charge in [-0.25, -0.2) is 8.42 Å². The summed E-state index contributed by atoms with van der Waals surface area (Å²) in [6, 6.07) is 0. The highest BCUT2D eigenvalue weighted by molar-refractivity contribution is 7.97. The predicted molar refractivity (Wildman–Crippen MR) is 66.4 cm³/mol. The van der Waals surface area contributed by atoms with Gasteiger partial charge >= 0.3 is 5.51 Å². The van der Waals surface area contributed by atoms with Gasteiger partial charge < -0.3 is 4.55 Å². The highest BCUT2D eigenvalue weighted by Gasteiger charge is 2.36. The molecule has 8 heteroatoms. The molecule has 0 aromatic rings. The fourth-order valence-electron chi connectivity index (χ4n) is 1.38. The molecule has 1 aliphatic heterocycles. The third-order valence-corrected chi connectivity index (χ3v) is 5.30. The van der Waals surface area contributed by atoms with E-state index in [-0.39, 0.29) is 0 Å². The van der Waals surface area contributed by atoms with Crippen LogP contribution in [0.2, 0.25) is 0 Å². The second kappa shape index (κ2) is 7.40. The molecule has 0 N–H and O–H groups in total. The molecule has 1 fully saturated rings. The Labute approximate surface area is 109 Å². The monoisotopic (exact) mass is 306 g/mol. The summed E-state index contributed by atoms with van der Waals surface area (Å²) in [4.78, 5) is 0. The van der Waals surface area contributed by atoms with Crippen LogP contribution in [0.15, 0.2) is 12.2 Å². The van der Waals surface area contributed by atoms with Gasteiger partial charge in [-0.2, -0.15) is 13.2 Å². The van der Waals surface area contributed by atoms with Crippen LogP contribution in [-0.4, -0.2) is 35.7 Å². The van der Waals surface area contributed by atoms with E-state index in [0.29, 0.717) is 0 Å². The van der Waals surface area contributed by atoms with Crippen LogP contribution < -0.4 is 0 Å². The van der Waals surface area contributed by atoms with Crippen molar-refractivity contribution in [3.05, 3.63) is 12.2 Å². The van der Waals surface area contributed by atoms with Crippen molar-refractivity contribution in [1.82, 2.24) is 0 Å². The maximum absolute atomic E-state index is 10.7. The summed E-state index contributed by atoms with van der Waals surface area (Å²) in [5.74, 6) is 4.26. The van der Waals surface area contributed by atoms with E-state index >= 15 is 0 Å². The summed E-state index contributed by atoms with van der Waals surface area (Å²) >= 11 is 0. The summed E-state index contributed by atoms with van der Waals surface area (Å²) in [5, 5.41) is 0. The maximum Gasteiger partial charge on any atom is 0.485 e. The van der Waals surface area contributed by atoms with Gasteiger partial charge in [0.15, 0.2) is 10.1 Å². The third kappa shape index (κ3) is 7.99. The zero-order chi connectivity index (χ0) is 14.4. The van der Waals surface area contributed by atoms with Crippen molar-refractivity contribution in [1.29, 1.82) is 0 Å². The first-order valence-corrected chi connectivity index (χ1v) is 8.48. The summed E-state index contributed by atoms with van der Waals surface area (Å²) in [7, 11) is -5.36. The minimum Gasteiger partial charge on any atom is -0.741 e. The van der Waals surface area contributed by atoms with Gasteiger partial charge in [-0.05, 0) is 42.7 Å². The SMILES string of the molecule is C=C(C)C[S+]1CCCCC1.O=S(=O)([O-])C(F)(F)F. The van der Waals surface area contributed by atoms with Crippen LogP contribution in [0.25, 0.3) is 0 Å². The van der Waals surface area contributed by atoms with E-state index in [4.69, 9.17) is 13.0 Å². The molecule has 0 aliphatic carbocycles.